The first-order valence-electron chi connectivity index (χ1n) is 6.77. The first-order chi connectivity index (χ1) is 11.5. The molecule has 0 saturated carbocycles. The molecule has 0 radical (unpaired) electrons. The van der Waals surface area contributed by atoms with E-state index in [2.05, 4.69) is 0 Å². The molecule has 1 unspecified atom stereocenters. The maximum absolute atomic E-state index is 13.1. The van der Waals surface area contributed by atoms with Crippen LogP contribution in [0.2, 0.25) is 0 Å². The molecular weight excluding hydrogens is 376 g/mol. The average Bonchev–Trinajstić information content (AvgIpc) is 2.53. The summed E-state index contributed by atoms with van der Waals surface area (Å²) in [5.74, 6) is 0.452. The van der Waals surface area contributed by atoms with Crippen LogP contribution in [0.4, 0.5) is 26.3 Å². The quantitative estimate of drug-likeness (QED) is 0.455. The number of rotatable bonds is 4. The molecule has 0 fully saturated rings. The summed E-state index contributed by atoms with van der Waals surface area (Å²) in [7, 11) is 0.510. The third-order valence-corrected chi connectivity index (χ3v) is 4.35. The number of hydrogen-bond donors (Lipinski definition) is 0. The SMILES string of the molecule is COc1ccc(PC(=O)c2c(C(F)(F)F)cccc2C(F)(F)F)cc1.[H-].[Li+]. The van der Waals surface area contributed by atoms with Crippen LogP contribution in [0.1, 0.15) is 22.9 Å². The predicted octanol–water partition coefficient (Wildman–Crippen LogP) is 1.99. The Balaban J connectivity index is 0.00000338. The standard InChI is InChI=1S/C16H11F6O2P.Li.H/c1-24-9-5-7-10(8-6-9)25-14(23)13-11(15(17,18)19)3-2-4-12(13)16(20,21)22;;/h2-8,25H,1H3;;/q;+1;-1. The van der Waals surface area contributed by atoms with Crippen molar-refractivity contribution in [1.29, 1.82) is 0 Å². The Morgan fingerprint density at radius 1 is 0.923 bits per heavy atom. The third-order valence-electron chi connectivity index (χ3n) is 3.25. The molecule has 0 amide bonds. The largest absolute Gasteiger partial charge is 1.00 e. The summed E-state index contributed by atoms with van der Waals surface area (Å²) in [6, 6.07) is 7.35. The number of halogens is 6. The molecule has 136 valence electrons. The van der Waals surface area contributed by atoms with Crippen molar-refractivity contribution in [3.05, 3.63) is 59.2 Å². The van der Waals surface area contributed by atoms with Crippen LogP contribution in [-0.2, 0) is 12.4 Å². The fourth-order valence-corrected chi connectivity index (χ4v) is 3.13. The van der Waals surface area contributed by atoms with Crippen molar-refractivity contribution in [2.75, 3.05) is 7.11 Å². The van der Waals surface area contributed by atoms with E-state index >= 15 is 0 Å². The van der Waals surface area contributed by atoms with E-state index < -0.39 is 43.1 Å². The zero-order valence-electron chi connectivity index (χ0n) is 14.6. The molecule has 26 heavy (non-hydrogen) atoms. The molecule has 2 rings (SSSR count). The van der Waals surface area contributed by atoms with Gasteiger partial charge in [-0.2, -0.15) is 26.3 Å². The molecule has 0 aliphatic rings. The van der Waals surface area contributed by atoms with Gasteiger partial charge in [-0.3, -0.25) is 4.79 Å². The molecule has 10 heteroatoms. The van der Waals surface area contributed by atoms with Crippen molar-refractivity contribution in [3.8, 4) is 5.75 Å². The van der Waals surface area contributed by atoms with E-state index in [4.69, 9.17) is 4.74 Å². The summed E-state index contributed by atoms with van der Waals surface area (Å²) < 4.78 is 83.4. The molecule has 0 heterocycles. The summed E-state index contributed by atoms with van der Waals surface area (Å²) >= 11 is 0. The zero-order chi connectivity index (χ0) is 18.8. The van der Waals surface area contributed by atoms with Crippen LogP contribution in [0.25, 0.3) is 0 Å². The van der Waals surface area contributed by atoms with Crippen molar-refractivity contribution in [2.45, 2.75) is 12.4 Å². The van der Waals surface area contributed by atoms with Gasteiger partial charge >= 0.3 is 31.2 Å². The molecule has 0 aromatic heterocycles. The van der Waals surface area contributed by atoms with Crippen molar-refractivity contribution >= 4 is 19.4 Å². The number of benzene rings is 2. The predicted molar refractivity (Wildman–Crippen MR) is 82.8 cm³/mol. The molecule has 2 aromatic carbocycles. The fourth-order valence-electron chi connectivity index (χ4n) is 2.14. The van der Waals surface area contributed by atoms with Crippen LogP contribution >= 0.6 is 8.58 Å². The Morgan fingerprint density at radius 2 is 1.38 bits per heavy atom. The third kappa shape index (κ3) is 5.26. The number of alkyl halides is 6. The minimum Gasteiger partial charge on any atom is -1.00 e. The topological polar surface area (TPSA) is 26.3 Å². The first-order valence-corrected chi connectivity index (χ1v) is 7.77. The number of carbonyl (C=O) groups is 1. The normalized spacial score (nSPS) is 12.1. The Bertz CT molecular complexity index is 746. The summed E-state index contributed by atoms with van der Waals surface area (Å²) in [4.78, 5) is 12.3. The second-order valence-electron chi connectivity index (χ2n) is 4.91. The van der Waals surface area contributed by atoms with Gasteiger partial charge in [0.2, 0.25) is 0 Å². The van der Waals surface area contributed by atoms with E-state index in [-0.39, 0.29) is 20.3 Å². The summed E-state index contributed by atoms with van der Waals surface area (Å²) in [6.07, 6.45) is -10.1. The van der Waals surface area contributed by atoms with E-state index in [0.717, 1.165) is 0 Å². The second-order valence-corrected chi connectivity index (χ2v) is 6.19. The maximum atomic E-state index is 13.1. The molecule has 0 aliphatic heterocycles. The molecule has 0 N–H and O–H groups in total. The molecule has 0 saturated heterocycles. The molecular formula is C16H12F6LiO2P. The fraction of sp³-hybridized carbons (Fsp3) is 0.188. The number of ether oxygens (including phenoxy) is 1. The van der Waals surface area contributed by atoms with E-state index in [1.807, 2.05) is 0 Å². The molecule has 0 bridgehead atoms. The van der Waals surface area contributed by atoms with Crippen LogP contribution in [-0.4, -0.2) is 12.6 Å². The maximum Gasteiger partial charge on any atom is 1.00 e. The minimum absolute atomic E-state index is 0. The van der Waals surface area contributed by atoms with Gasteiger partial charge in [0.15, 0.2) is 5.52 Å². The van der Waals surface area contributed by atoms with Gasteiger partial charge in [0.1, 0.15) is 5.75 Å². The van der Waals surface area contributed by atoms with E-state index in [1.165, 1.54) is 31.4 Å². The number of hydrogen-bond acceptors (Lipinski definition) is 2. The summed E-state index contributed by atoms with van der Waals surface area (Å²) in [6.45, 7) is 0. The smallest absolute Gasteiger partial charge is 1.00 e. The Morgan fingerprint density at radius 3 is 1.77 bits per heavy atom. The minimum atomic E-state index is -5.07. The van der Waals surface area contributed by atoms with Gasteiger partial charge in [0, 0.05) is 5.56 Å². The van der Waals surface area contributed by atoms with Crippen LogP contribution in [0.5, 0.6) is 5.75 Å². The number of methoxy groups -OCH3 is 1. The summed E-state index contributed by atoms with van der Waals surface area (Å²) in [5, 5.41) is 0.302. The van der Waals surface area contributed by atoms with Gasteiger partial charge in [-0.1, -0.05) is 18.2 Å². The Kier molecular flexibility index (Phi) is 7.35. The molecule has 2 aromatic rings. The Labute approximate surface area is 160 Å². The second kappa shape index (κ2) is 8.47. The van der Waals surface area contributed by atoms with Gasteiger partial charge in [0.25, 0.3) is 0 Å². The van der Waals surface area contributed by atoms with Crippen LogP contribution < -0.4 is 28.9 Å². The van der Waals surface area contributed by atoms with Crippen molar-refractivity contribution in [2.24, 2.45) is 0 Å². The molecule has 0 aliphatic carbocycles. The van der Waals surface area contributed by atoms with E-state index in [1.54, 1.807) is 0 Å². The van der Waals surface area contributed by atoms with Crippen molar-refractivity contribution in [3.63, 3.8) is 0 Å². The van der Waals surface area contributed by atoms with Gasteiger partial charge < -0.3 is 6.16 Å². The van der Waals surface area contributed by atoms with Crippen LogP contribution in [0.15, 0.2) is 42.5 Å². The van der Waals surface area contributed by atoms with E-state index in [9.17, 15) is 31.1 Å². The van der Waals surface area contributed by atoms with Gasteiger partial charge in [-0.15, -0.1) is 0 Å². The van der Waals surface area contributed by atoms with Crippen LogP contribution in [0.3, 0.4) is 0 Å². The first kappa shape index (κ1) is 22.6. The molecule has 1 atom stereocenters. The monoisotopic (exact) mass is 388 g/mol. The Hall–Kier alpha value is -1.48. The number of carbonyl (C=O) groups excluding carboxylic acids is 1. The average molecular weight is 388 g/mol. The molecule has 2 nitrogen and oxygen atoms in total. The van der Waals surface area contributed by atoms with Crippen LogP contribution in [0, 0.1) is 0 Å². The van der Waals surface area contributed by atoms with Crippen molar-refractivity contribution < 1.29 is 56.2 Å². The zero-order valence-corrected chi connectivity index (χ0v) is 14.6. The van der Waals surface area contributed by atoms with Gasteiger partial charge in [-0.05, 0) is 38.2 Å². The van der Waals surface area contributed by atoms with Gasteiger partial charge in [0.05, 0.1) is 18.2 Å². The summed E-state index contributed by atoms with van der Waals surface area (Å²) in [5.41, 5.74) is -5.76. The van der Waals surface area contributed by atoms with E-state index in [0.29, 0.717) is 29.3 Å². The molecule has 0 spiro atoms. The van der Waals surface area contributed by atoms with Gasteiger partial charge in [-0.25, -0.2) is 0 Å². The van der Waals surface area contributed by atoms with Crippen molar-refractivity contribution in [1.82, 2.24) is 0 Å².